The van der Waals surface area contributed by atoms with Crippen molar-refractivity contribution in [2.24, 2.45) is 0 Å². The number of amides is 2. The maximum Gasteiger partial charge on any atom is 0.318 e. The Morgan fingerprint density at radius 2 is 2.30 bits per heavy atom. The third-order valence-electron chi connectivity index (χ3n) is 4.40. The van der Waals surface area contributed by atoms with Gasteiger partial charge in [0.1, 0.15) is 5.76 Å². The lowest BCUT2D eigenvalue weighted by Crippen LogP contribution is -2.42. The highest BCUT2D eigenvalue weighted by Gasteiger charge is 2.37. The average molecular weight is 316 g/mol. The van der Waals surface area contributed by atoms with E-state index in [1.54, 1.807) is 6.26 Å². The van der Waals surface area contributed by atoms with Gasteiger partial charge in [-0.2, -0.15) is 0 Å². The summed E-state index contributed by atoms with van der Waals surface area (Å²) in [4.78, 5) is 14.5. The number of carbonyl (C=O) groups excluding carboxylic acids is 1. The standard InChI is InChI=1S/C15H20N6O2/c1-10(13-3-2-8-23-13)20(11-4-5-11)15(22)16-9-14-17-18-19-21(14)12-6-7-12/h2-3,8,10-12H,4-7,9H2,1H3,(H,16,22)/t10-/m1/s1. The molecule has 2 saturated carbocycles. The van der Waals surface area contributed by atoms with Gasteiger partial charge in [0.15, 0.2) is 5.82 Å². The molecule has 2 aromatic rings. The van der Waals surface area contributed by atoms with Gasteiger partial charge in [0.2, 0.25) is 0 Å². The Morgan fingerprint density at radius 3 is 2.96 bits per heavy atom. The fourth-order valence-corrected chi connectivity index (χ4v) is 2.85. The van der Waals surface area contributed by atoms with Crippen molar-refractivity contribution in [1.82, 2.24) is 30.4 Å². The number of urea groups is 1. The van der Waals surface area contributed by atoms with Gasteiger partial charge < -0.3 is 14.6 Å². The molecule has 0 saturated heterocycles. The molecule has 2 amide bonds. The maximum absolute atomic E-state index is 12.6. The minimum Gasteiger partial charge on any atom is -0.467 e. The van der Waals surface area contributed by atoms with E-state index in [9.17, 15) is 4.79 Å². The first-order chi connectivity index (χ1) is 11.2. The van der Waals surface area contributed by atoms with Crippen LogP contribution in [0.3, 0.4) is 0 Å². The van der Waals surface area contributed by atoms with Crippen molar-refractivity contribution in [3.63, 3.8) is 0 Å². The lowest BCUT2D eigenvalue weighted by Gasteiger charge is -2.28. The number of hydrogen-bond acceptors (Lipinski definition) is 5. The molecule has 0 radical (unpaired) electrons. The van der Waals surface area contributed by atoms with Crippen LogP contribution < -0.4 is 5.32 Å². The minimum atomic E-state index is -0.0956. The average Bonchev–Trinajstić information content (AvgIpc) is 3.46. The number of hydrogen-bond donors (Lipinski definition) is 1. The monoisotopic (exact) mass is 316 g/mol. The Hall–Kier alpha value is -2.38. The van der Waals surface area contributed by atoms with E-state index in [4.69, 9.17) is 4.42 Å². The van der Waals surface area contributed by atoms with Crippen LogP contribution in [0.25, 0.3) is 0 Å². The summed E-state index contributed by atoms with van der Waals surface area (Å²) in [5.74, 6) is 1.51. The second-order valence-electron chi connectivity index (χ2n) is 6.26. The van der Waals surface area contributed by atoms with E-state index in [0.717, 1.165) is 31.4 Å². The molecule has 0 spiro atoms. The van der Waals surface area contributed by atoms with Gasteiger partial charge in [-0.25, -0.2) is 9.48 Å². The summed E-state index contributed by atoms with van der Waals surface area (Å²) in [5, 5.41) is 14.7. The molecule has 2 aliphatic rings. The first-order valence-corrected chi connectivity index (χ1v) is 8.10. The van der Waals surface area contributed by atoms with Gasteiger partial charge in [0.05, 0.1) is 24.9 Å². The highest BCUT2D eigenvalue weighted by atomic mass is 16.3. The van der Waals surface area contributed by atoms with Crippen molar-refractivity contribution < 1.29 is 9.21 Å². The van der Waals surface area contributed by atoms with Crippen molar-refractivity contribution in [2.75, 3.05) is 0 Å². The van der Waals surface area contributed by atoms with Gasteiger partial charge in [-0.3, -0.25) is 0 Å². The number of nitrogens with zero attached hydrogens (tertiary/aromatic N) is 5. The molecule has 8 nitrogen and oxygen atoms in total. The molecule has 0 aromatic carbocycles. The normalized spacial score (nSPS) is 18.7. The lowest BCUT2D eigenvalue weighted by molar-refractivity contribution is 0.165. The minimum absolute atomic E-state index is 0.0862. The van der Waals surface area contributed by atoms with Crippen LogP contribution in [-0.4, -0.2) is 37.2 Å². The molecule has 0 aliphatic heterocycles. The molecule has 2 fully saturated rings. The van der Waals surface area contributed by atoms with E-state index in [-0.39, 0.29) is 18.1 Å². The third-order valence-corrected chi connectivity index (χ3v) is 4.40. The number of furan rings is 1. The van der Waals surface area contributed by atoms with E-state index in [0.29, 0.717) is 18.4 Å². The van der Waals surface area contributed by atoms with E-state index < -0.39 is 0 Å². The SMILES string of the molecule is C[C@H](c1ccco1)N(C(=O)NCc1nnnn1C1CC1)C1CC1. The predicted octanol–water partition coefficient (Wildman–Crippen LogP) is 2.04. The summed E-state index contributed by atoms with van der Waals surface area (Å²) in [6, 6.07) is 4.26. The first kappa shape index (κ1) is 14.2. The van der Waals surface area contributed by atoms with Crippen LogP contribution in [0.5, 0.6) is 0 Å². The molecule has 122 valence electrons. The van der Waals surface area contributed by atoms with Crippen molar-refractivity contribution in [3.8, 4) is 0 Å². The van der Waals surface area contributed by atoms with Gasteiger partial charge in [0, 0.05) is 6.04 Å². The molecule has 8 heteroatoms. The maximum atomic E-state index is 12.6. The summed E-state index contributed by atoms with van der Waals surface area (Å²) in [6.07, 6.45) is 5.93. The fraction of sp³-hybridized carbons (Fsp3) is 0.600. The van der Waals surface area contributed by atoms with Crippen LogP contribution in [0.1, 0.15) is 56.3 Å². The first-order valence-electron chi connectivity index (χ1n) is 8.10. The van der Waals surface area contributed by atoms with Crippen molar-refractivity contribution in [1.29, 1.82) is 0 Å². The van der Waals surface area contributed by atoms with Crippen molar-refractivity contribution in [3.05, 3.63) is 30.0 Å². The van der Waals surface area contributed by atoms with Gasteiger partial charge in [0.25, 0.3) is 0 Å². The van der Waals surface area contributed by atoms with Crippen molar-refractivity contribution >= 4 is 6.03 Å². The molecule has 2 aromatic heterocycles. The summed E-state index contributed by atoms with van der Waals surface area (Å²) in [5.41, 5.74) is 0. The van der Waals surface area contributed by atoms with Crippen LogP contribution >= 0.6 is 0 Å². The van der Waals surface area contributed by atoms with Gasteiger partial charge in [-0.05, 0) is 55.2 Å². The topological polar surface area (TPSA) is 89.1 Å². The molecular formula is C15H20N6O2. The van der Waals surface area contributed by atoms with Crippen LogP contribution in [0.15, 0.2) is 22.8 Å². The Morgan fingerprint density at radius 1 is 1.48 bits per heavy atom. The third kappa shape index (κ3) is 2.93. The quantitative estimate of drug-likeness (QED) is 0.881. The summed E-state index contributed by atoms with van der Waals surface area (Å²) in [7, 11) is 0. The van der Waals surface area contributed by atoms with Gasteiger partial charge >= 0.3 is 6.03 Å². The molecule has 2 heterocycles. The highest BCUT2D eigenvalue weighted by Crippen LogP contribution is 2.35. The largest absolute Gasteiger partial charge is 0.467 e. The van der Waals surface area contributed by atoms with E-state index in [1.807, 2.05) is 28.6 Å². The number of rotatable bonds is 6. The number of aromatic nitrogens is 4. The Balaban J connectivity index is 1.42. The molecule has 0 bridgehead atoms. The summed E-state index contributed by atoms with van der Waals surface area (Å²) >= 11 is 0. The zero-order valence-electron chi connectivity index (χ0n) is 13.1. The number of carbonyl (C=O) groups is 1. The molecule has 23 heavy (non-hydrogen) atoms. The number of nitrogens with one attached hydrogen (secondary N) is 1. The van der Waals surface area contributed by atoms with Gasteiger partial charge in [-0.15, -0.1) is 5.10 Å². The molecular weight excluding hydrogens is 296 g/mol. The lowest BCUT2D eigenvalue weighted by atomic mass is 10.2. The molecule has 2 aliphatic carbocycles. The smallest absolute Gasteiger partial charge is 0.318 e. The zero-order valence-corrected chi connectivity index (χ0v) is 13.1. The second-order valence-corrected chi connectivity index (χ2v) is 6.26. The van der Waals surface area contributed by atoms with Crippen LogP contribution in [-0.2, 0) is 6.54 Å². The van der Waals surface area contributed by atoms with E-state index >= 15 is 0 Å². The van der Waals surface area contributed by atoms with E-state index in [2.05, 4.69) is 20.8 Å². The fourth-order valence-electron chi connectivity index (χ4n) is 2.85. The second kappa shape index (κ2) is 5.68. The Bertz CT molecular complexity index is 674. The Labute approximate surface area is 133 Å². The zero-order chi connectivity index (χ0) is 15.8. The summed E-state index contributed by atoms with van der Waals surface area (Å²) in [6.45, 7) is 2.33. The molecule has 0 unspecified atom stereocenters. The number of tetrazole rings is 1. The van der Waals surface area contributed by atoms with Gasteiger partial charge in [-0.1, -0.05) is 0 Å². The highest BCUT2D eigenvalue weighted by molar-refractivity contribution is 5.75. The van der Waals surface area contributed by atoms with Crippen molar-refractivity contribution in [2.45, 2.75) is 57.3 Å². The molecule has 1 atom stereocenters. The molecule has 1 N–H and O–H groups in total. The summed E-state index contributed by atoms with van der Waals surface area (Å²) < 4.78 is 7.27. The molecule has 4 rings (SSSR count). The van der Waals surface area contributed by atoms with Crippen LogP contribution in [0.4, 0.5) is 4.79 Å². The Kier molecular flexibility index (Phi) is 3.51. The van der Waals surface area contributed by atoms with Crippen LogP contribution in [0, 0.1) is 0 Å². The van der Waals surface area contributed by atoms with E-state index in [1.165, 1.54) is 0 Å². The predicted molar refractivity (Wildman–Crippen MR) is 80.3 cm³/mol. The van der Waals surface area contributed by atoms with Crippen LogP contribution in [0.2, 0.25) is 0 Å².